The fraction of sp³-hybridized carbons (Fsp3) is 0.640. The molecule has 1 aromatic carbocycles. The number of amides is 3. The van der Waals surface area contributed by atoms with Crippen molar-refractivity contribution >= 4 is 45.4 Å². The van der Waals surface area contributed by atoms with Gasteiger partial charge in [-0.15, -0.1) is 11.8 Å². The molecule has 5 rings (SSSR count). The highest BCUT2D eigenvalue weighted by molar-refractivity contribution is 9.09. The lowest BCUT2D eigenvalue weighted by Gasteiger charge is -2.36. The number of hydrogen-bond acceptors (Lipinski definition) is 5. The molecule has 1 aromatic rings. The summed E-state index contributed by atoms with van der Waals surface area (Å²) in [5.74, 6) is -1.50. The largest absolute Gasteiger partial charge is 0.395 e. The second-order valence-corrected chi connectivity index (χ2v) is 12.7. The van der Waals surface area contributed by atoms with Crippen molar-refractivity contribution < 1.29 is 19.5 Å². The molecule has 184 valence electrons. The highest BCUT2D eigenvalue weighted by atomic mass is 79.9. The second-order valence-electron chi connectivity index (χ2n) is 9.97. The average molecular weight is 551 g/mol. The number of nitrogens with one attached hydrogen (secondary N) is 2. The Morgan fingerprint density at radius 2 is 1.88 bits per heavy atom. The number of thioether (sulfide) groups is 1. The molecule has 2 bridgehead atoms. The third-order valence-electron chi connectivity index (χ3n) is 7.94. The minimum absolute atomic E-state index is 0.0492. The molecule has 3 aliphatic heterocycles. The Bertz CT molecular complexity index is 943. The quantitative estimate of drug-likeness (QED) is 0.453. The minimum Gasteiger partial charge on any atom is -0.395 e. The van der Waals surface area contributed by atoms with E-state index in [2.05, 4.69) is 26.6 Å². The number of likely N-dealkylation sites (tertiary alicyclic amines) is 1. The van der Waals surface area contributed by atoms with Gasteiger partial charge in [-0.3, -0.25) is 14.4 Å². The molecule has 1 aliphatic carbocycles. The Labute approximate surface area is 212 Å². The van der Waals surface area contributed by atoms with Crippen LogP contribution in [0.25, 0.3) is 0 Å². The highest BCUT2D eigenvalue weighted by Crippen LogP contribution is 2.67. The predicted octanol–water partition coefficient (Wildman–Crippen LogP) is 2.21. The van der Waals surface area contributed by atoms with Crippen LogP contribution in [0.2, 0.25) is 0 Å². The van der Waals surface area contributed by atoms with Gasteiger partial charge in [-0.05, 0) is 24.8 Å². The molecule has 1 spiro atoms. The number of aliphatic hydroxyl groups is 1. The molecule has 4 aliphatic rings. The van der Waals surface area contributed by atoms with Crippen LogP contribution in [0.4, 0.5) is 0 Å². The van der Waals surface area contributed by atoms with Gasteiger partial charge < -0.3 is 20.6 Å². The van der Waals surface area contributed by atoms with Crippen LogP contribution in [0.1, 0.15) is 44.1 Å². The first-order valence-corrected chi connectivity index (χ1v) is 14.1. The number of benzene rings is 1. The molecule has 6 atom stereocenters. The number of carbonyl (C=O) groups excluding carboxylic acids is 3. The van der Waals surface area contributed by atoms with Crippen LogP contribution in [-0.4, -0.2) is 67.8 Å². The normalized spacial score (nSPS) is 34.8. The number of alkyl halides is 1. The molecule has 34 heavy (non-hydrogen) atoms. The minimum atomic E-state index is -0.666. The number of halogens is 1. The van der Waals surface area contributed by atoms with Crippen LogP contribution in [0.15, 0.2) is 30.3 Å². The molecule has 3 amide bonds. The Morgan fingerprint density at radius 3 is 2.59 bits per heavy atom. The van der Waals surface area contributed by atoms with E-state index in [9.17, 15) is 19.5 Å². The Morgan fingerprint density at radius 1 is 1.15 bits per heavy atom. The van der Waals surface area contributed by atoms with Gasteiger partial charge in [0.15, 0.2) is 0 Å². The summed E-state index contributed by atoms with van der Waals surface area (Å²) in [6.07, 6.45) is 5.99. The van der Waals surface area contributed by atoms with Crippen molar-refractivity contribution in [2.24, 2.45) is 11.8 Å². The summed E-state index contributed by atoms with van der Waals surface area (Å²) in [6, 6.07) is 9.18. The Balaban J connectivity index is 1.40. The van der Waals surface area contributed by atoms with E-state index in [1.54, 1.807) is 16.7 Å². The zero-order valence-corrected chi connectivity index (χ0v) is 21.5. The van der Waals surface area contributed by atoms with Crippen LogP contribution in [0.3, 0.4) is 0 Å². The third kappa shape index (κ3) is 4.07. The van der Waals surface area contributed by atoms with Gasteiger partial charge in [-0.1, -0.05) is 65.5 Å². The van der Waals surface area contributed by atoms with E-state index in [1.807, 2.05) is 30.3 Å². The summed E-state index contributed by atoms with van der Waals surface area (Å²) in [7, 11) is 0. The maximum Gasteiger partial charge on any atom is 0.244 e. The van der Waals surface area contributed by atoms with Crippen molar-refractivity contribution in [3.05, 3.63) is 35.9 Å². The Kier molecular flexibility index (Phi) is 6.97. The summed E-state index contributed by atoms with van der Waals surface area (Å²) in [4.78, 5) is 42.4. The van der Waals surface area contributed by atoms with Gasteiger partial charge in [-0.25, -0.2) is 0 Å². The SMILES string of the molecule is O=C(NC1CCCCC1)C1N(CCO)C(=O)[C@@H]2[C@@H](C(=O)NCc3ccccc3)[C@@H]3SC12CC3Br. The molecule has 9 heteroatoms. The monoisotopic (exact) mass is 549 g/mol. The molecule has 7 nitrogen and oxygen atoms in total. The number of fused-ring (bicyclic) bond motifs is 1. The van der Waals surface area contributed by atoms with Crippen LogP contribution in [0, 0.1) is 11.8 Å². The molecular weight excluding hydrogens is 518 g/mol. The van der Waals surface area contributed by atoms with E-state index in [0.717, 1.165) is 31.2 Å². The highest BCUT2D eigenvalue weighted by Gasteiger charge is 2.75. The van der Waals surface area contributed by atoms with Crippen LogP contribution >= 0.6 is 27.7 Å². The number of rotatable bonds is 7. The van der Waals surface area contributed by atoms with Crippen LogP contribution < -0.4 is 10.6 Å². The van der Waals surface area contributed by atoms with Crippen molar-refractivity contribution in [1.82, 2.24) is 15.5 Å². The maximum atomic E-state index is 13.7. The molecular formula is C25H32BrN3O4S. The van der Waals surface area contributed by atoms with Crippen molar-refractivity contribution in [2.75, 3.05) is 13.2 Å². The summed E-state index contributed by atoms with van der Waals surface area (Å²) in [5.41, 5.74) is 1.00. The zero-order chi connectivity index (χ0) is 23.9. The number of aliphatic hydroxyl groups excluding tert-OH is 1. The van der Waals surface area contributed by atoms with Crippen LogP contribution in [0.5, 0.6) is 0 Å². The fourth-order valence-corrected chi connectivity index (χ4v) is 10.1. The first-order valence-electron chi connectivity index (χ1n) is 12.3. The van der Waals surface area contributed by atoms with E-state index >= 15 is 0 Å². The number of nitrogens with zero attached hydrogens (tertiary/aromatic N) is 1. The number of carbonyl (C=O) groups is 3. The van der Waals surface area contributed by atoms with Gasteiger partial charge >= 0.3 is 0 Å². The fourth-order valence-electron chi connectivity index (χ4n) is 6.51. The summed E-state index contributed by atoms with van der Waals surface area (Å²) in [5, 5.41) is 15.9. The molecule has 3 saturated heterocycles. The van der Waals surface area contributed by atoms with Gasteiger partial charge in [0.25, 0.3) is 0 Å². The van der Waals surface area contributed by atoms with Crippen LogP contribution in [-0.2, 0) is 20.9 Å². The second kappa shape index (κ2) is 9.82. The number of hydrogen-bond donors (Lipinski definition) is 3. The summed E-state index contributed by atoms with van der Waals surface area (Å²) >= 11 is 5.41. The lowest BCUT2D eigenvalue weighted by atomic mass is 9.70. The first-order chi connectivity index (χ1) is 16.5. The lowest BCUT2D eigenvalue weighted by molar-refractivity contribution is -0.140. The molecule has 0 aromatic heterocycles. The van der Waals surface area contributed by atoms with E-state index in [-0.39, 0.29) is 47.0 Å². The topological polar surface area (TPSA) is 98.7 Å². The van der Waals surface area contributed by atoms with E-state index in [0.29, 0.717) is 13.0 Å². The standard InChI is InChI=1S/C25H32BrN3O4S/c26-17-13-25-19(18(20(17)34-25)22(31)27-14-15-7-3-1-4-8-15)24(33)29(11-12-30)21(25)23(32)28-16-9-5-2-6-10-16/h1,3-4,7-8,16-21,30H,2,5-6,9-14H2,(H,27,31)(H,28,32)/t17?,18-,19+,20-,21?,25?/m1/s1. The van der Waals surface area contributed by atoms with Gasteiger partial charge in [0.1, 0.15) is 6.04 Å². The van der Waals surface area contributed by atoms with Gasteiger partial charge in [0, 0.05) is 29.2 Å². The molecule has 0 radical (unpaired) electrons. The van der Waals surface area contributed by atoms with E-state index in [1.165, 1.54) is 6.42 Å². The summed E-state index contributed by atoms with van der Waals surface area (Å²) in [6.45, 7) is 0.301. The summed E-state index contributed by atoms with van der Waals surface area (Å²) < 4.78 is -0.654. The predicted molar refractivity (Wildman–Crippen MR) is 134 cm³/mol. The van der Waals surface area contributed by atoms with Gasteiger partial charge in [0.05, 0.1) is 23.2 Å². The zero-order valence-electron chi connectivity index (χ0n) is 19.1. The molecule has 3 unspecified atom stereocenters. The van der Waals surface area contributed by atoms with Gasteiger partial charge in [-0.2, -0.15) is 0 Å². The smallest absolute Gasteiger partial charge is 0.244 e. The molecule has 4 fully saturated rings. The van der Waals surface area contributed by atoms with Crippen molar-refractivity contribution in [2.45, 2.75) is 72.0 Å². The lowest BCUT2D eigenvalue weighted by Crippen LogP contribution is -2.56. The van der Waals surface area contributed by atoms with Crippen molar-refractivity contribution in [3.63, 3.8) is 0 Å². The average Bonchev–Trinajstić information content (AvgIpc) is 3.43. The van der Waals surface area contributed by atoms with Gasteiger partial charge in [0.2, 0.25) is 17.7 Å². The third-order valence-corrected chi connectivity index (χ3v) is 11.2. The molecule has 1 saturated carbocycles. The van der Waals surface area contributed by atoms with Crippen molar-refractivity contribution in [3.8, 4) is 0 Å². The molecule has 3 N–H and O–H groups in total. The van der Waals surface area contributed by atoms with Crippen molar-refractivity contribution in [1.29, 1.82) is 0 Å². The molecule has 3 heterocycles. The first kappa shape index (κ1) is 24.1. The van der Waals surface area contributed by atoms with E-state index < -0.39 is 22.6 Å². The Hall–Kier alpha value is -1.58. The maximum absolute atomic E-state index is 13.7. The number of β-amino-alcohol motifs (C(OH)–C–C–N with tert-alkyl or cyclic N) is 1. The van der Waals surface area contributed by atoms with E-state index in [4.69, 9.17) is 0 Å².